The molecule has 1 rings (SSSR count). The molecule has 0 spiro atoms. The van der Waals surface area contributed by atoms with Crippen molar-refractivity contribution in [1.82, 2.24) is 0 Å². The second-order valence-electron chi connectivity index (χ2n) is 3.50. The zero-order valence-corrected chi connectivity index (χ0v) is 10.6. The molecular formula is C14H16O4. The summed E-state index contributed by atoms with van der Waals surface area (Å²) in [6.45, 7) is 7.72. The molecule has 1 aromatic rings. The van der Waals surface area contributed by atoms with Crippen LogP contribution in [0.2, 0.25) is 0 Å². The van der Waals surface area contributed by atoms with Gasteiger partial charge in [0.2, 0.25) is 0 Å². The summed E-state index contributed by atoms with van der Waals surface area (Å²) < 4.78 is 9.74. The molecule has 0 saturated carbocycles. The zero-order chi connectivity index (χ0) is 13.5. The summed E-state index contributed by atoms with van der Waals surface area (Å²) in [5, 5.41) is 0. The number of carbonyl (C=O) groups excluding carboxylic acids is 2. The molecule has 0 N–H and O–H groups in total. The Bertz CT molecular complexity index is 463. The van der Waals surface area contributed by atoms with Crippen LogP contribution in [0.1, 0.15) is 29.8 Å². The molecule has 0 fully saturated rings. The predicted molar refractivity (Wildman–Crippen MR) is 68.1 cm³/mol. The first-order chi connectivity index (χ1) is 8.60. The van der Waals surface area contributed by atoms with Gasteiger partial charge < -0.3 is 9.47 Å². The van der Waals surface area contributed by atoms with Crippen LogP contribution in [-0.2, 0) is 14.3 Å². The molecule has 0 atom stereocenters. The van der Waals surface area contributed by atoms with Crippen LogP contribution < -0.4 is 0 Å². The van der Waals surface area contributed by atoms with Gasteiger partial charge in [0.15, 0.2) is 0 Å². The highest BCUT2D eigenvalue weighted by Crippen LogP contribution is 2.16. The summed E-state index contributed by atoms with van der Waals surface area (Å²) in [5.41, 5.74) is 1.17. The zero-order valence-electron chi connectivity index (χ0n) is 10.6. The second kappa shape index (κ2) is 6.59. The topological polar surface area (TPSA) is 52.6 Å². The van der Waals surface area contributed by atoms with Crippen molar-refractivity contribution in [3.8, 4) is 0 Å². The molecule has 0 saturated heterocycles. The first kappa shape index (κ1) is 14.0. The standard InChI is InChI=1S/C14H16O4/c1-4-17-13(15)10(3)11-7-6-8-12(9-11)14(16)18-5-2/h6-9H,3-5H2,1-2H3. The van der Waals surface area contributed by atoms with Gasteiger partial charge >= 0.3 is 11.9 Å². The van der Waals surface area contributed by atoms with Gasteiger partial charge in [0, 0.05) is 0 Å². The van der Waals surface area contributed by atoms with E-state index in [1.54, 1.807) is 38.1 Å². The van der Waals surface area contributed by atoms with E-state index in [1.165, 1.54) is 0 Å². The maximum atomic E-state index is 11.5. The molecule has 0 aliphatic rings. The molecule has 18 heavy (non-hydrogen) atoms. The van der Waals surface area contributed by atoms with Crippen LogP contribution in [0.3, 0.4) is 0 Å². The van der Waals surface area contributed by atoms with E-state index in [2.05, 4.69) is 6.58 Å². The molecule has 0 unspecified atom stereocenters. The third-order valence-electron chi connectivity index (χ3n) is 2.24. The number of hydrogen-bond donors (Lipinski definition) is 0. The van der Waals surface area contributed by atoms with Crippen molar-refractivity contribution in [3.05, 3.63) is 42.0 Å². The fraction of sp³-hybridized carbons (Fsp3) is 0.286. The largest absolute Gasteiger partial charge is 0.462 e. The first-order valence-corrected chi connectivity index (χ1v) is 5.73. The Labute approximate surface area is 106 Å². The molecule has 0 amide bonds. The number of hydrogen-bond acceptors (Lipinski definition) is 4. The van der Waals surface area contributed by atoms with Crippen LogP contribution in [0.25, 0.3) is 5.57 Å². The summed E-state index contributed by atoms with van der Waals surface area (Å²) in [6, 6.07) is 6.56. The van der Waals surface area contributed by atoms with E-state index in [4.69, 9.17) is 9.47 Å². The monoisotopic (exact) mass is 248 g/mol. The Balaban J connectivity index is 2.91. The van der Waals surface area contributed by atoms with Gasteiger partial charge in [0.05, 0.1) is 24.4 Å². The number of esters is 2. The van der Waals surface area contributed by atoms with Crippen molar-refractivity contribution in [1.29, 1.82) is 0 Å². The van der Waals surface area contributed by atoms with Crippen molar-refractivity contribution in [2.75, 3.05) is 13.2 Å². The number of benzene rings is 1. The molecule has 0 radical (unpaired) electrons. The molecular weight excluding hydrogens is 232 g/mol. The maximum Gasteiger partial charge on any atom is 0.338 e. The Morgan fingerprint density at radius 1 is 1.11 bits per heavy atom. The minimum Gasteiger partial charge on any atom is -0.462 e. The van der Waals surface area contributed by atoms with Crippen LogP contribution >= 0.6 is 0 Å². The lowest BCUT2D eigenvalue weighted by Crippen LogP contribution is -2.08. The molecule has 0 aromatic heterocycles. The van der Waals surface area contributed by atoms with Gasteiger partial charge in [0.25, 0.3) is 0 Å². The van der Waals surface area contributed by atoms with E-state index >= 15 is 0 Å². The number of ether oxygens (including phenoxy) is 2. The normalized spacial score (nSPS) is 9.67. The van der Waals surface area contributed by atoms with E-state index in [0.29, 0.717) is 17.7 Å². The molecule has 1 aromatic carbocycles. The van der Waals surface area contributed by atoms with E-state index in [0.717, 1.165) is 0 Å². The minimum atomic E-state index is -0.487. The number of carbonyl (C=O) groups is 2. The number of rotatable bonds is 5. The lowest BCUT2D eigenvalue weighted by Gasteiger charge is -2.07. The van der Waals surface area contributed by atoms with Crippen molar-refractivity contribution in [3.63, 3.8) is 0 Å². The average Bonchev–Trinajstić information content (AvgIpc) is 2.38. The van der Waals surface area contributed by atoms with Gasteiger partial charge in [-0.1, -0.05) is 18.7 Å². The van der Waals surface area contributed by atoms with E-state index < -0.39 is 11.9 Å². The van der Waals surface area contributed by atoms with E-state index in [9.17, 15) is 9.59 Å². The van der Waals surface area contributed by atoms with Crippen LogP contribution in [0.15, 0.2) is 30.8 Å². The van der Waals surface area contributed by atoms with Crippen LogP contribution in [0.4, 0.5) is 0 Å². The molecule has 0 bridgehead atoms. The highest BCUT2D eigenvalue weighted by atomic mass is 16.5. The van der Waals surface area contributed by atoms with Crippen LogP contribution in [0, 0.1) is 0 Å². The lowest BCUT2D eigenvalue weighted by molar-refractivity contribution is -0.136. The van der Waals surface area contributed by atoms with Crippen molar-refractivity contribution in [2.45, 2.75) is 13.8 Å². The molecule has 0 aliphatic heterocycles. The quantitative estimate of drug-likeness (QED) is 0.593. The van der Waals surface area contributed by atoms with E-state index in [1.807, 2.05) is 0 Å². The average molecular weight is 248 g/mol. The molecule has 0 heterocycles. The molecule has 96 valence electrons. The van der Waals surface area contributed by atoms with Gasteiger partial charge in [-0.05, 0) is 31.5 Å². The van der Waals surface area contributed by atoms with Crippen LogP contribution in [0.5, 0.6) is 0 Å². The van der Waals surface area contributed by atoms with E-state index in [-0.39, 0.29) is 12.2 Å². The van der Waals surface area contributed by atoms with Crippen molar-refractivity contribution < 1.29 is 19.1 Å². The molecule has 4 heteroatoms. The fourth-order valence-electron chi connectivity index (χ4n) is 1.38. The third kappa shape index (κ3) is 3.45. The lowest BCUT2D eigenvalue weighted by atomic mass is 10.0. The Morgan fingerprint density at radius 3 is 2.33 bits per heavy atom. The third-order valence-corrected chi connectivity index (χ3v) is 2.24. The maximum absolute atomic E-state index is 11.5. The fourth-order valence-corrected chi connectivity index (χ4v) is 1.38. The van der Waals surface area contributed by atoms with Gasteiger partial charge in [-0.2, -0.15) is 0 Å². The summed E-state index contributed by atoms with van der Waals surface area (Å²) in [5.74, 6) is -0.908. The van der Waals surface area contributed by atoms with Gasteiger partial charge in [-0.3, -0.25) is 0 Å². The highest BCUT2D eigenvalue weighted by molar-refractivity contribution is 6.15. The second-order valence-corrected chi connectivity index (χ2v) is 3.50. The molecule has 0 aliphatic carbocycles. The van der Waals surface area contributed by atoms with Crippen LogP contribution in [-0.4, -0.2) is 25.2 Å². The van der Waals surface area contributed by atoms with Gasteiger partial charge in [-0.15, -0.1) is 0 Å². The predicted octanol–water partition coefficient (Wildman–Crippen LogP) is 2.44. The minimum absolute atomic E-state index is 0.225. The summed E-state index contributed by atoms with van der Waals surface area (Å²) in [6.07, 6.45) is 0. The Morgan fingerprint density at radius 2 is 1.72 bits per heavy atom. The first-order valence-electron chi connectivity index (χ1n) is 5.73. The Hall–Kier alpha value is -2.10. The summed E-state index contributed by atoms with van der Waals surface area (Å²) in [4.78, 5) is 23.1. The summed E-state index contributed by atoms with van der Waals surface area (Å²) in [7, 11) is 0. The smallest absolute Gasteiger partial charge is 0.338 e. The van der Waals surface area contributed by atoms with Crippen molar-refractivity contribution >= 4 is 17.5 Å². The van der Waals surface area contributed by atoms with Gasteiger partial charge in [0.1, 0.15) is 0 Å². The SMILES string of the molecule is C=C(C(=O)OCC)c1cccc(C(=O)OCC)c1. The van der Waals surface area contributed by atoms with Gasteiger partial charge in [-0.25, -0.2) is 9.59 Å². The molecule has 4 nitrogen and oxygen atoms in total. The van der Waals surface area contributed by atoms with Crippen molar-refractivity contribution in [2.24, 2.45) is 0 Å². The highest BCUT2D eigenvalue weighted by Gasteiger charge is 2.13. The Kier molecular flexibility index (Phi) is 5.11. The summed E-state index contributed by atoms with van der Waals surface area (Å²) >= 11 is 0.